The molecule has 5 heteroatoms. The zero-order valence-electron chi connectivity index (χ0n) is 9.31. The van der Waals surface area contributed by atoms with Crippen LogP contribution in [-0.2, 0) is 14.3 Å². The molecule has 0 spiro atoms. The molecule has 15 heavy (non-hydrogen) atoms. The van der Waals surface area contributed by atoms with Crippen molar-refractivity contribution in [1.82, 2.24) is 4.90 Å². The lowest BCUT2D eigenvalue weighted by Gasteiger charge is -2.19. The predicted octanol–water partition coefficient (Wildman–Crippen LogP) is 0.222. The zero-order valence-corrected chi connectivity index (χ0v) is 9.31. The van der Waals surface area contributed by atoms with Crippen LogP contribution in [0.2, 0.25) is 0 Å². The lowest BCUT2D eigenvalue weighted by atomic mass is 10.4. The number of hydrogen-bond donors (Lipinski definition) is 1. The van der Waals surface area contributed by atoms with Crippen molar-refractivity contribution in [3.63, 3.8) is 0 Å². The Morgan fingerprint density at radius 1 is 1.27 bits per heavy atom. The number of ether oxygens (including phenoxy) is 2. The van der Waals surface area contributed by atoms with Gasteiger partial charge in [0, 0.05) is 39.9 Å². The minimum atomic E-state index is -0.923. The summed E-state index contributed by atoms with van der Waals surface area (Å²) in [6, 6.07) is 0. The van der Waals surface area contributed by atoms with Gasteiger partial charge >= 0.3 is 5.97 Å². The lowest BCUT2D eigenvalue weighted by molar-refractivity contribution is -0.131. The van der Waals surface area contributed by atoms with Crippen molar-refractivity contribution in [2.45, 2.75) is 0 Å². The number of rotatable bonds is 9. The highest BCUT2D eigenvalue weighted by Gasteiger charge is 2.01. The van der Waals surface area contributed by atoms with Crippen molar-refractivity contribution in [1.29, 1.82) is 0 Å². The molecular formula is C10H19NO4. The fourth-order valence-electron chi connectivity index (χ4n) is 1.04. The van der Waals surface area contributed by atoms with Gasteiger partial charge in [-0.2, -0.15) is 0 Å². The Hall–Kier alpha value is -0.910. The van der Waals surface area contributed by atoms with Gasteiger partial charge in [0.25, 0.3) is 0 Å². The fourth-order valence-corrected chi connectivity index (χ4v) is 1.04. The van der Waals surface area contributed by atoms with Gasteiger partial charge in [-0.1, -0.05) is 6.08 Å². The van der Waals surface area contributed by atoms with Crippen LogP contribution in [0.15, 0.2) is 12.2 Å². The number of carbonyl (C=O) groups is 1. The molecule has 0 aliphatic rings. The lowest BCUT2D eigenvalue weighted by Crippen LogP contribution is -2.31. The minimum Gasteiger partial charge on any atom is -0.478 e. The van der Waals surface area contributed by atoms with Crippen molar-refractivity contribution in [3.8, 4) is 0 Å². The molecule has 0 amide bonds. The second-order valence-corrected chi connectivity index (χ2v) is 3.03. The number of aliphatic carboxylic acids is 1. The van der Waals surface area contributed by atoms with E-state index in [0.29, 0.717) is 19.8 Å². The van der Waals surface area contributed by atoms with Gasteiger partial charge in [0.15, 0.2) is 0 Å². The normalized spacial score (nSPS) is 11.4. The van der Waals surface area contributed by atoms with Crippen LogP contribution < -0.4 is 0 Å². The Labute approximate surface area is 90.3 Å². The standard InChI is InChI=1S/C10H19NO4/c1-14-8-6-11(7-9-15-2)5-3-4-10(12)13/h3-4H,5-9H2,1-2H3,(H,12,13). The first kappa shape index (κ1) is 14.1. The van der Waals surface area contributed by atoms with Crippen molar-refractivity contribution in [2.75, 3.05) is 47.1 Å². The molecule has 88 valence electrons. The fraction of sp³-hybridized carbons (Fsp3) is 0.700. The Balaban J connectivity index is 3.82. The molecule has 0 aromatic heterocycles. The van der Waals surface area contributed by atoms with Gasteiger partial charge in [0.05, 0.1) is 13.2 Å². The van der Waals surface area contributed by atoms with Crippen molar-refractivity contribution < 1.29 is 19.4 Å². The van der Waals surface area contributed by atoms with Crippen LogP contribution in [0.1, 0.15) is 0 Å². The van der Waals surface area contributed by atoms with E-state index in [4.69, 9.17) is 14.6 Å². The third-order valence-electron chi connectivity index (χ3n) is 1.85. The molecular weight excluding hydrogens is 198 g/mol. The average molecular weight is 217 g/mol. The molecule has 0 rings (SSSR count). The van der Waals surface area contributed by atoms with Crippen LogP contribution in [0.25, 0.3) is 0 Å². The molecule has 0 heterocycles. The van der Waals surface area contributed by atoms with Crippen LogP contribution in [-0.4, -0.2) is 63.0 Å². The molecule has 0 saturated carbocycles. The zero-order chi connectivity index (χ0) is 11.5. The van der Waals surface area contributed by atoms with E-state index < -0.39 is 5.97 Å². The summed E-state index contributed by atoms with van der Waals surface area (Å²) in [5, 5.41) is 8.42. The summed E-state index contributed by atoms with van der Waals surface area (Å²) in [6.07, 6.45) is 2.76. The summed E-state index contributed by atoms with van der Waals surface area (Å²) in [5.41, 5.74) is 0. The largest absolute Gasteiger partial charge is 0.478 e. The van der Waals surface area contributed by atoms with Gasteiger partial charge in [-0.25, -0.2) is 4.79 Å². The van der Waals surface area contributed by atoms with Crippen molar-refractivity contribution >= 4 is 5.97 Å². The Bertz CT molecular complexity index is 186. The first-order valence-corrected chi connectivity index (χ1v) is 4.80. The quantitative estimate of drug-likeness (QED) is 0.560. The van der Waals surface area contributed by atoms with Crippen LogP contribution in [0.4, 0.5) is 0 Å². The number of hydrogen-bond acceptors (Lipinski definition) is 4. The SMILES string of the molecule is COCCN(CC=CC(=O)O)CCOC. The average Bonchev–Trinajstić information content (AvgIpc) is 2.20. The highest BCUT2D eigenvalue weighted by molar-refractivity contribution is 5.79. The van der Waals surface area contributed by atoms with Crippen LogP contribution >= 0.6 is 0 Å². The van der Waals surface area contributed by atoms with Crippen molar-refractivity contribution in [2.24, 2.45) is 0 Å². The van der Waals surface area contributed by atoms with Gasteiger partial charge in [-0.3, -0.25) is 4.90 Å². The predicted molar refractivity (Wildman–Crippen MR) is 57.0 cm³/mol. The summed E-state index contributed by atoms with van der Waals surface area (Å²) in [7, 11) is 3.28. The molecule has 0 aliphatic heterocycles. The summed E-state index contributed by atoms with van der Waals surface area (Å²) in [6.45, 7) is 3.39. The molecule has 0 unspecified atom stereocenters. The second kappa shape index (κ2) is 9.64. The minimum absolute atomic E-state index is 0.596. The molecule has 0 bridgehead atoms. The Kier molecular flexibility index (Phi) is 9.05. The smallest absolute Gasteiger partial charge is 0.328 e. The number of nitrogens with zero attached hydrogens (tertiary/aromatic N) is 1. The van der Waals surface area contributed by atoms with E-state index in [0.717, 1.165) is 19.2 Å². The highest BCUT2D eigenvalue weighted by Crippen LogP contribution is 1.90. The topological polar surface area (TPSA) is 59.0 Å². The van der Waals surface area contributed by atoms with E-state index in [-0.39, 0.29) is 0 Å². The van der Waals surface area contributed by atoms with Gasteiger partial charge in [-0.05, 0) is 0 Å². The first-order valence-electron chi connectivity index (χ1n) is 4.80. The Morgan fingerprint density at radius 2 is 1.80 bits per heavy atom. The molecule has 1 N–H and O–H groups in total. The van der Waals surface area contributed by atoms with Gasteiger partial charge in [0.2, 0.25) is 0 Å². The van der Waals surface area contributed by atoms with Gasteiger partial charge < -0.3 is 14.6 Å². The highest BCUT2D eigenvalue weighted by atomic mass is 16.5. The molecule has 0 aromatic carbocycles. The number of carboxylic acids is 1. The van der Waals surface area contributed by atoms with E-state index in [1.54, 1.807) is 20.3 Å². The number of carboxylic acid groups (broad SMARTS) is 1. The van der Waals surface area contributed by atoms with E-state index in [9.17, 15) is 4.79 Å². The third kappa shape index (κ3) is 9.40. The molecule has 5 nitrogen and oxygen atoms in total. The first-order chi connectivity index (χ1) is 7.20. The molecule has 0 saturated heterocycles. The molecule has 0 radical (unpaired) electrons. The van der Waals surface area contributed by atoms with Crippen LogP contribution in [0.5, 0.6) is 0 Å². The molecule has 0 fully saturated rings. The van der Waals surface area contributed by atoms with E-state index in [2.05, 4.69) is 4.90 Å². The van der Waals surface area contributed by atoms with E-state index in [1.807, 2.05) is 0 Å². The Morgan fingerprint density at radius 3 is 2.20 bits per heavy atom. The summed E-state index contributed by atoms with van der Waals surface area (Å²) in [4.78, 5) is 12.3. The van der Waals surface area contributed by atoms with E-state index in [1.165, 1.54) is 0 Å². The summed E-state index contributed by atoms with van der Waals surface area (Å²) < 4.78 is 9.91. The molecule has 0 aromatic rings. The monoisotopic (exact) mass is 217 g/mol. The van der Waals surface area contributed by atoms with Gasteiger partial charge in [0.1, 0.15) is 0 Å². The molecule has 0 atom stereocenters. The maximum Gasteiger partial charge on any atom is 0.328 e. The second-order valence-electron chi connectivity index (χ2n) is 3.03. The maximum absolute atomic E-state index is 10.3. The molecule has 0 aliphatic carbocycles. The van der Waals surface area contributed by atoms with E-state index >= 15 is 0 Å². The number of methoxy groups -OCH3 is 2. The van der Waals surface area contributed by atoms with Crippen LogP contribution in [0, 0.1) is 0 Å². The van der Waals surface area contributed by atoms with Crippen LogP contribution in [0.3, 0.4) is 0 Å². The summed E-state index contributed by atoms with van der Waals surface area (Å²) in [5.74, 6) is -0.923. The van der Waals surface area contributed by atoms with Crippen molar-refractivity contribution in [3.05, 3.63) is 12.2 Å². The van der Waals surface area contributed by atoms with Gasteiger partial charge in [-0.15, -0.1) is 0 Å². The maximum atomic E-state index is 10.3. The summed E-state index contributed by atoms with van der Waals surface area (Å²) >= 11 is 0. The third-order valence-corrected chi connectivity index (χ3v) is 1.85.